The van der Waals surface area contributed by atoms with E-state index in [1.165, 1.54) is 5.56 Å². The number of hydrogen-bond donors (Lipinski definition) is 1. The number of rotatable bonds is 10. The van der Waals surface area contributed by atoms with Crippen LogP contribution >= 0.6 is 11.3 Å². The highest BCUT2D eigenvalue weighted by molar-refractivity contribution is 7.13. The summed E-state index contributed by atoms with van der Waals surface area (Å²) in [6.45, 7) is 3.08. The Labute approximate surface area is 204 Å². The summed E-state index contributed by atoms with van der Waals surface area (Å²) in [7, 11) is 1.63. The Morgan fingerprint density at radius 3 is 2.29 bits per heavy atom. The minimum atomic E-state index is 0.0186. The zero-order chi connectivity index (χ0) is 23.8. The molecule has 4 aromatic rings. The first-order valence-electron chi connectivity index (χ1n) is 11.3. The average molecular weight is 473 g/mol. The van der Waals surface area contributed by atoms with Crippen LogP contribution in [0.1, 0.15) is 24.0 Å². The third-order valence-corrected chi connectivity index (χ3v) is 6.31. The number of aryl methyl sites for hydroxylation is 1. The van der Waals surface area contributed by atoms with E-state index in [0.29, 0.717) is 26.0 Å². The Kier molecular flexibility index (Phi) is 7.94. The van der Waals surface area contributed by atoms with Crippen LogP contribution in [0.4, 0.5) is 0 Å². The first-order chi connectivity index (χ1) is 16.6. The number of thiazole rings is 1. The minimum Gasteiger partial charge on any atom is -0.497 e. The summed E-state index contributed by atoms with van der Waals surface area (Å²) in [6.07, 6.45) is 1.08. The van der Waals surface area contributed by atoms with Crippen LogP contribution in [0.5, 0.6) is 11.5 Å². The highest BCUT2D eigenvalue weighted by Crippen LogP contribution is 2.29. The number of carbonyl (C=O) groups excluding carboxylic acids is 1. The number of amides is 1. The van der Waals surface area contributed by atoms with Gasteiger partial charge < -0.3 is 14.8 Å². The van der Waals surface area contributed by atoms with Crippen LogP contribution in [-0.4, -0.2) is 24.6 Å². The van der Waals surface area contributed by atoms with Crippen molar-refractivity contribution in [3.8, 4) is 33.3 Å². The molecule has 0 atom stereocenters. The van der Waals surface area contributed by atoms with Crippen LogP contribution in [0.3, 0.4) is 0 Å². The molecule has 1 amide bonds. The van der Waals surface area contributed by atoms with Gasteiger partial charge in [-0.05, 0) is 43.2 Å². The Morgan fingerprint density at radius 1 is 0.912 bits per heavy atom. The molecule has 0 radical (unpaired) electrons. The molecule has 0 aliphatic carbocycles. The second kappa shape index (κ2) is 11.5. The molecule has 1 aromatic heterocycles. The van der Waals surface area contributed by atoms with E-state index in [1.807, 2.05) is 36.4 Å². The SMILES string of the molecule is COc1ccc(OCCCC(=O)NCc2ccc(-c3nc(-c4ccc(C)cc4)cs3)cc2)cc1. The third-order valence-electron chi connectivity index (χ3n) is 5.42. The zero-order valence-electron chi connectivity index (χ0n) is 19.4. The van der Waals surface area contributed by atoms with E-state index in [-0.39, 0.29) is 5.91 Å². The first-order valence-corrected chi connectivity index (χ1v) is 12.1. The normalized spacial score (nSPS) is 10.6. The zero-order valence-corrected chi connectivity index (χ0v) is 20.2. The Balaban J connectivity index is 1.20. The number of nitrogens with one attached hydrogen (secondary N) is 1. The van der Waals surface area contributed by atoms with Gasteiger partial charge in [-0.2, -0.15) is 0 Å². The molecule has 4 rings (SSSR count). The van der Waals surface area contributed by atoms with Gasteiger partial charge in [0.25, 0.3) is 0 Å². The molecule has 0 fully saturated rings. The molecule has 0 saturated carbocycles. The highest BCUT2D eigenvalue weighted by Gasteiger charge is 2.08. The topological polar surface area (TPSA) is 60.5 Å². The number of aromatic nitrogens is 1. The lowest BCUT2D eigenvalue weighted by atomic mass is 10.1. The Bertz CT molecular complexity index is 1200. The molecule has 0 aliphatic rings. The number of hydrogen-bond acceptors (Lipinski definition) is 5. The van der Waals surface area contributed by atoms with E-state index in [2.05, 4.69) is 54.0 Å². The maximum Gasteiger partial charge on any atom is 0.220 e. The summed E-state index contributed by atoms with van der Waals surface area (Å²) in [5, 5.41) is 6.06. The van der Waals surface area contributed by atoms with Gasteiger partial charge in [0, 0.05) is 29.5 Å². The van der Waals surface area contributed by atoms with Gasteiger partial charge in [0.2, 0.25) is 5.91 Å². The van der Waals surface area contributed by atoms with E-state index >= 15 is 0 Å². The van der Waals surface area contributed by atoms with Crippen LogP contribution < -0.4 is 14.8 Å². The predicted octanol–water partition coefficient (Wildman–Crippen LogP) is 6.27. The summed E-state index contributed by atoms with van der Waals surface area (Å²) in [4.78, 5) is 17.0. The fraction of sp³-hybridized carbons (Fsp3) is 0.214. The van der Waals surface area contributed by atoms with Crippen molar-refractivity contribution < 1.29 is 14.3 Å². The lowest BCUT2D eigenvalue weighted by molar-refractivity contribution is -0.121. The summed E-state index contributed by atoms with van der Waals surface area (Å²) < 4.78 is 10.8. The Morgan fingerprint density at radius 2 is 1.59 bits per heavy atom. The molecular weight excluding hydrogens is 444 g/mol. The van der Waals surface area contributed by atoms with Gasteiger partial charge in [-0.1, -0.05) is 54.1 Å². The van der Waals surface area contributed by atoms with Gasteiger partial charge in [-0.15, -0.1) is 11.3 Å². The lowest BCUT2D eigenvalue weighted by Gasteiger charge is -2.08. The second-order valence-electron chi connectivity index (χ2n) is 8.01. The molecule has 0 unspecified atom stereocenters. The maximum absolute atomic E-state index is 12.2. The number of carbonyl (C=O) groups is 1. The van der Waals surface area contributed by atoms with E-state index in [9.17, 15) is 4.79 Å². The third kappa shape index (κ3) is 6.45. The molecule has 6 heteroatoms. The van der Waals surface area contributed by atoms with Crippen molar-refractivity contribution in [2.75, 3.05) is 13.7 Å². The van der Waals surface area contributed by atoms with Crippen LogP contribution in [-0.2, 0) is 11.3 Å². The van der Waals surface area contributed by atoms with Crippen molar-refractivity contribution in [2.24, 2.45) is 0 Å². The van der Waals surface area contributed by atoms with Gasteiger partial charge in [0.05, 0.1) is 19.4 Å². The standard InChI is InChI=1S/C28H28N2O3S/c1-20-5-9-22(10-6-20)26-19-34-28(30-26)23-11-7-21(8-12-23)18-29-27(31)4-3-17-33-25-15-13-24(32-2)14-16-25/h5-16,19H,3-4,17-18H2,1-2H3,(H,29,31). The summed E-state index contributed by atoms with van der Waals surface area (Å²) in [5.74, 6) is 1.58. The molecular formula is C28H28N2O3S. The number of benzene rings is 3. The van der Waals surface area contributed by atoms with Gasteiger partial charge in [-0.25, -0.2) is 4.98 Å². The first kappa shape index (κ1) is 23.5. The van der Waals surface area contributed by atoms with Crippen molar-refractivity contribution in [1.82, 2.24) is 10.3 Å². The molecule has 1 N–H and O–H groups in total. The second-order valence-corrected chi connectivity index (χ2v) is 8.86. The minimum absolute atomic E-state index is 0.0186. The quantitative estimate of drug-likeness (QED) is 0.276. The number of nitrogens with zero attached hydrogens (tertiary/aromatic N) is 1. The van der Waals surface area contributed by atoms with Gasteiger partial charge in [0.1, 0.15) is 16.5 Å². The fourth-order valence-corrected chi connectivity index (χ4v) is 4.25. The van der Waals surface area contributed by atoms with Crippen molar-refractivity contribution in [2.45, 2.75) is 26.3 Å². The van der Waals surface area contributed by atoms with E-state index in [4.69, 9.17) is 14.5 Å². The molecule has 0 bridgehead atoms. The fourth-order valence-electron chi connectivity index (χ4n) is 3.41. The summed E-state index contributed by atoms with van der Waals surface area (Å²) >= 11 is 1.64. The largest absolute Gasteiger partial charge is 0.497 e. The number of ether oxygens (including phenoxy) is 2. The predicted molar refractivity (Wildman–Crippen MR) is 137 cm³/mol. The maximum atomic E-state index is 12.2. The van der Waals surface area contributed by atoms with E-state index in [0.717, 1.165) is 38.9 Å². The van der Waals surface area contributed by atoms with Crippen molar-refractivity contribution >= 4 is 17.2 Å². The molecule has 1 heterocycles. The monoisotopic (exact) mass is 472 g/mol. The molecule has 3 aromatic carbocycles. The van der Waals surface area contributed by atoms with Crippen LogP contribution in [0.25, 0.3) is 21.8 Å². The lowest BCUT2D eigenvalue weighted by Crippen LogP contribution is -2.22. The molecule has 0 aliphatic heterocycles. The molecule has 34 heavy (non-hydrogen) atoms. The van der Waals surface area contributed by atoms with E-state index < -0.39 is 0 Å². The smallest absolute Gasteiger partial charge is 0.220 e. The van der Waals surface area contributed by atoms with Gasteiger partial charge in [0.15, 0.2) is 0 Å². The van der Waals surface area contributed by atoms with Gasteiger partial charge in [-0.3, -0.25) is 4.79 Å². The highest BCUT2D eigenvalue weighted by atomic mass is 32.1. The van der Waals surface area contributed by atoms with Crippen LogP contribution in [0.15, 0.2) is 78.2 Å². The average Bonchev–Trinajstić information content (AvgIpc) is 3.37. The van der Waals surface area contributed by atoms with Gasteiger partial charge >= 0.3 is 0 Å². The molecule has 0 spiro atoms. The molecule has 0 saturated heterocycles. The van der Waals surface area contributed by atoms with Crippen molar-refractivity contribution in [3.05, 3.63) is 89.3 Å². The van der Waals surface area contributed by atoms with E-state index in [1.54, 1.807) is 18.4 Å². The molecule has 174 valence electrons. The summed E-state index contributed by atoms with van der Waals surface area (Å²) in [6, 6.07) is 24.0. The number of methoxy groups -OCH3 is 1. The van der Waals surface area contributed by atoms with Crippen molar-refractivity contribution in [1.29, 1.82) is 0 Å². The van der Waals surface area contributed by atoms with Crippen LogP contribution in [0.2, 0.25) is 0 Å². The van der Waals surface area contributed by atoms with Crippen molar-refractivity contribution in [3.63, 3.8) is 0 Å². The summed E-state index contributed by atoms with van der Waals surface area (Å²) in [5.41, 5.74) is 5.49. The Hall–Kier alpha value is -3.64. The molecule has 5 nitrogen and oxygen atoms in total. The van der Waals surface area contributed by atoms with Crippen LogP contribution in [0, 0.1) is 6.92 Å².